The van der Waals surface area contributed by atoms with E-state index in [-0.39, 0.29) is 5.97 Å². The van der Waals surface area contributed by atoms with Gasteiger partial charge in [0.05, 0.1) is 23.7 Å². The van der Waals surface area contributed by atoms with E-state index in [1.807, 2.05) is 38.1 Å². The van der Waals surface area contributed by atoms with Gasteiger partial charge >= 0.3 is 5.97 Å². The number of esters is 1. The Bertz CT molecular complexity index is 1040. The first-order valence-electron chi connectivity index (χ1n) is 8.23. The van der Waals surface area contributed by atoms with Gasteiger partial charge in [0.25, 0.3) is 0 Å². The minimum absolute atomic E-state index is 0.296. The van der Waals surface area contributed by atoms with Gasteiger partial charge in [0.2, 0.25) is 0 Å². The first-order valence-corrected chi connectivity index (χ1v) is 8.23. The minimum Gasteiger partial charge on any atom is -0.451 e. The van der Waals surface area contributed by atoms with Crippen molar-refractivity contribution in [2.75, 3.05) is 0 Å². The fourth-order valence-corrected chi connectivity index (χ4v) is 3.08. The van der Waals surface area contributed by atoms with Gasteiger partial charge in [0.1, 0.15) is 11.9 Å². The molecule has 1 aliphatic heterocycles. The molecule has 0 unspecified atom stereocenters. The molecule has 26 heavy (non-hydrogen) atoms. The van der Waals surface area contributed by atoms with E-state index in [2.05, 4.69) is 16.2 Å². The van der Waals surface area contributed by atoms with E-state index in [4.69, 9.17) is 10.00 Å². The Balaban J connectivity index is 1.60. The first kappa shape index (κ1) is 16.0. The number of ether oxygens (including phenoxy) is 1. The van der Waals surface area contributed by atoms with Crippen molar-refractivity contribution in [2.24, 2.45) is 0 Å². The standard InChI is InChI=1S/C20H16N4O2/c1-20(2)17-9-15(7-8-16(17)19(25)26-20)18-22-12-24(23-18)11-14-5-3-13(10-21)4-6-14/h3-9,12H,11H2,1-2H3. The average Bonchev–Trinajstić information content (AvgIpc) is 3.18. The van der Waals surface area contributed by atoms with Crippen molar-refractivity contribution >= 4 is 5.97 Å². The van der Waals surface area contributed by atoms with E-state index in [1.54, 1.807) is 29.2 Å². The second kappa shape index (κ2) is 5.81. The Morgan fingerprint density at radius 2 is 1.96 bits per heavy atom. The van der Waals surface area contributed by atoms with Crippen LogP contribution in [0.25, 0.3) is 11.4 Å². The summed E-state index contributed by atoms with van der Waals surface area (Å²) in [5.74, 6) is 0.299. The van der Waals surface area contributed by atoms with Gasteiger partial charge in [0, 0.05) is 11.1 Å². The van der Waals surface area contributed by atoms with Crippen LogP contribution in [0.1, 0.15) is 40.9 Å². The van der Waals surface area contributed by atoms with Crippen molar-refractivity contribution in [3.05, 3.63) is 71.0 Å². The number of hydrogen-bond acceptors (Lipinski definition) is 5. The molecule has 0 atom stereocenters. The zero-order valence-electron chi connectivity index (χ0n) is 14.4. The van der Waals surface area contributed by atoms with Crippen molar-refractivity contribution in [3.8, 4) is 17.5 Å². The van der Waals surface area contributed by atoms with Gasteiger partial charge in [-0.1, -0.05) is 18.2 Å². The zero-order valence-corrected chi connectivity index (χ0v) is 14.4. The maximum absolute atomic E-state index is 11.9. The highest BCUT2D eigenvalue weighted by Gasteiger charge is 2.37. The number of benzene rings is 2. The Labute approximate surface area is 150 Å². The van der Waals surface area contributed by atoms with Gasteiger partial charge in [-0.25, -0.2) is 14.5 Å². The number of aromatic nitrogens is 3. The number of cyclic esters (lactones) is 1. The second-order valence-corrected chi connectivity index (χ2v) is 6.73. The minimum atomic E-state index is -0.645. The van der Waals surface area contributed by atoms with Crippen LogP contribution in [0.3, 0.4) is 0 Å². The third-order valence-electron chi connectivity index (χ3n) is 4.46. The van der Waals surface area contributed by atoms with Gasteiger partial charge < -0.3 is 4.74 Å². The molecule has 6 heteroatoms. The molecule has 3 aromatic rings. The summed E-state index contributed by atoms with van der Waals surface area (Å²) in [6.07, 6.45) is 1.67. The van der Waals surface area contributed by atoms with E-state index in [9.17, 15) is 4.79 Å². The summed E-state index contributed by atoms with van der Waals surface area (Å²) in [7, 11) is 0. The number of nitrogens with zero attached hydrogens (tertiary/aromatic N) is 4. The zero-order chi connectivity index (χ0) is 18.3. The molecule has 0 radical (unpaired) electrons. The SMILES string of the molecule is CC1(C)OC(=O)c2ccc(-c3ncn(Cc4ccc(C#N)cc4)n3)cc21. The molecule has 2 aromatic carbocycles. The van der Waals surface area contributed by atoms with E-state index < -0.39 is 5.60 Å². The van der Waals surface area contributed by atoms with Gasteiger partial charge in [-0.15, -0.1) is 0 Å². The topological polar surface area (TPSA) is 80.8 Å². The monoisotopic (exact) mass is 344 g/mol. The average molecular weight is 344 g/mol. The molecule has 4 rings (SSSR count). The van der Waals surface area contributed by atoms with Crippen LogP contribution in [0, 0.1) is 11.3 Å². The van der Waals surface area contributed by atoms with Crippen molar-refractivity contribution < 1.29 is 9.53 Å². The molecular formula is C20H16N4O2. The highest BCUT2D eigenvalue weighted by molar-refractivity contribution is 5.95. The molecule has 0 fully saturated rings. The number of carbonyl (C=O) groups excluding carboxylic acids is 1. The van der Waals surface area contributed by atoms with Crippen molar-refractivity contribution in [3.63, 3.8) is 0 Å². The highest BCUT2D eigenvalue weighted by Crippen LogP contribution is 2.37. The molecule has 0 saturated heterocycles. The van der Waals surface area contributed by atoms with E-state index in [0.717, 1.165) is 16.7 Å². The van der Waals surface area contributed by atoms with Crippen LogP contribution in [0.15, 0.2) is 48.8 Å². The van der Waals surface area contributed by atoms with Gasteiger partial charge in [-0.2, -0.15) is 10.4 Å². The quantitative estimate of drug-likeness (QED) is 0.681. The predicted octanol–water partition coefficient (Wildman–Crippen LogP) is 3.27. The van der Waals surface area contributed by atoms with Crippen LogP contribution in [-0.4, -0.2) is 20.7 Å². The van der Waals surface area contributed by atoms with Crippen molar-refractivity contribution in [1.29, 1.82) is 5.26 Å². The number of hydrogen-bond donors (Lipinski definition) is 0. The Morgan fingerprint density at radius 1 is 1.19 bits per heavy atom. The summed E-state index contributed by atoms with van der Waals surface area (Å²) in [6, 6.07) is 15.0. The Morgan fingerprint density at radius 3 is 2.69 bits per heavy atom. The molecule has 1 aliphatic rings. The first-order chi connectivity index (χ1) is 12.5. The lowest BCUT2D eigenvalue weighted by Gasteiger charge is -2.17. The van der Waals surface area contributed by atoms with Gasteiger partial charge in [-0.05, 0) is 43.7 Å². The summed E-state index contributed by atoms with van der Waals surface area (Å²) >= 11 is 0. The van der Waals surface area contributed by atoms with Crippen LogP contribution in [0.2, 0.25) is 0 Å². The molecule has 0 bridgehead atoms. The Hall–Kier alpha value is -3.46. The number of carbonyl (C=O) groups is 1. The number of nitriles is 1. The molecule has 128 valence electrons. The lowest BCUT2D eigenvalue weighted by molar-refractivity contribution is 0.00955. The van der Waals surface area contributed by atoms with Crippen LogP contribution in [0.4, 0.5) is 0 Å². The lowest BCUT2D eigenvalue weighted by Crippen LogP contribution is -2.16. The number of fused-ring (bicyclic) bond motifs is 1. The normalized spacial score (nSPS) is 14.6. The summed E-state index contributed by atoms with van der Waals surface area (Å²) < 4.78 is 7.15. The fraction of sp³-hybridized carbons (Fsp3) is 0.200. The van der Waals surface area contributed by atoms with Gasteiger partial charge in [-0.3, -0.25) is 0 Å². The van der Waals surface area contributed by atoms with E-state index in [0.29, 0.717) is 23.5 Å². The smallest absolute Gasteiger partial charge is 0.339 e. The largest absolute Gasteiger partial charge is 0.451 e. The van der Waals surface area contributed by atoms with E-state index >= 15 is 0 Å². The third kappa shape index (κ3) is 2.74. The summed E-state index contributed by atoms with van der Waals surface area (Å²) in [5.41, 5.74) is 3.31. The van der Waals surface area contributed by atoms with Crippen LogP contribution >= 0.6 is 0 Å². The number of rotatable bonds is 3. The van der Waals surface area contributed by atoms with Gasteiger partial charge in [0.15, 0.2) is 5.82 Å². The van der Waals surface area contributed by atoms with E-state index in [1.165, 1.54) is 0 Å². The van der Waals surface area contributed by atoms with Crippen LogP contribution in [0.5, 0.6) is 0 Å². The van der Waals surface area contributed by atoms with Crippen molar-refractivity contribution in [1.82, 2.24) is 14.8 Å². The molecule has 2 heterocycles. The molecule has 0 aliphatic carbocycles. The maximum Gasteiger partial charge on any atom is 0.339 e. The fourth-order valence-electron chi connectivity index (χ4n) is 3.08. The highest BCUT2D eigenvalue weighted by atomic mass is 16.6. The third-order valence-corrected chi connectivity index (χ3v) is 4.46. The molecule has 0 N–H and O–H groups in total. The molecule has 0 spiro atoms. The molecule has 0 saturated carbocycles. The maximum atomic E-state index is 11.9. The summed E-state index contributed by atoms with van der Waals surface area (Å²) in [4.78, 5) is 16.3. The molecule has 1 aromatic heterocycles. The molecular weight excluding hydrogens is 328 g/mol. The summed E-state index contributed by atoms with van der Waals surface area (Å²) in [5, 5.41) is 13.4. The summed E-state index contributed by atoms with van der Waals surface area (Å²) in [6.45, 7) is 4.31. The molecule has 0 amide bonds. The lowest BCUT2D eigenvalue weighted by atomic mass is 9.94. The van der Waals surface area contributed by atoms with Crippen molar-refractivity contribution in [2.45, 2.75) is 26.0 Å². The predicted molar refractivity (Wildman–Crippen MR) is 94.2 cm³/mol. The Kier molecular flexibility index (Phi) is 3.58. The van der Waals surface area contributed by atoms with Crippen LogP contribution in [-0.2, 0) is 16.9 Å². The van der Waals surface area contributed by atoms with Crippen LogP contribution < -0.4 is 0 Å². The second-order valence-electron chi connectivity index (χ2n) is 6.73. The molecule has 6 nitrogen and oxygen atoms in total.